The monoisotopic (exact) mass is 354 g/mol. The molecule has 0 radical (unpaired) electrons. The van der Waals surface area contributed by atoms with Gasteiger partial charge in [-0.3, -0.25) is 24.1 Å². The van der Waals surface area contributed by atoms with Crippen molar-refractivity contribution in [3.63, 3.8) is 0 Å². The molecule has 2 saturated carbocycles. The molecule has 0 aromatic heterocycles. The van der Waals surface area contributed by atoms with Gasteiger partial charge in [0.05, 0.1) is 11.8 Å². The minimum atomic E-state index is -0.249. The van der Waals surface area contributed by atoms with Crippen molar-refractivity contribution in [3.8, 4) is 0 Å². The first-order valence-electron chi connectivity index (χ1n) is 9.22. The number of nitrogens with one attached hydrogen (secondary N) is 1. The van der Waals surface area contributed by atoms with Crippen LogP contribution in [-0.2, 0) is 14.4 Å². The number of imide groups is 1. The van der Waals surface area contributed by atoms with E-state index < -0.39 is 0 Å². The number of fused-ring (bicyclic) bond motifs is 5. The summed E-state index contributed by atoms with van der Waals surface area (Å²) >= 11 is 0. The lowest BCUT2D eigenvalue weighted by Crippen LogP contribution is -2.35. The quantitative estimate of drug-likeness (QED) is 0.649. The lowest BCUT2D eigenvalue weighted by Gasteiger charge is -2.19. The number of carbonyl (C=O) groups excluding carboxylic acids is 4. The predicted octanol–water partition coefficient (Wildman–Crippen LogP) is 2.25. The number of Topliss-reactive ketones (excluding diaryl/α,β-unsaturated/α-hetero) is 1. The van der Waals surface area contributed by atoms with Crippen molar-refractivity contribution in [2.75, 3.05) is 11.9 Å². The average molecular weight is 354 g/mol. The molecule has 1 saturated heterocycles. The molecule has 3 aliphatic rings. The topological polar surface area (TPSA) is 83.6 Å². The van der Waals surface area contributed by atoms with Crippen LogP contribution in [0.4, 0.5) is 5.69 Å². The third kappa shape index (κ3) is 2.73. The highest BCUT2D eigenvalue weighted by Gasteiger charge is 2.60. The Hall–Kier alpha value is -2.50. The maximum atomic E-state index is 12.6. The van der Waals surface area contributed by atoms with Gasteiger partial charge in [-0.15, -0.1) is 0 Å². The number of carbonyl (C=O) groups is 4. The zero-order valence-corrected chi connectivity index (χ0v) is 14.7. The van der Waals surface area contributed by atoms with Crippen molar-refractivity contribution in [1.82, 2.24) is 4.90 Å². The first-order valence-corrected chi connectivity index (χ1v) is 9.22. The largest absolute Gasteiger partial charge is 0.326 e. The Morgan fingerprint density at radius 2 is 1.62 bits per heavy atom. The lowest BCUT2D eigenvalue weighted by molar-refractivity contribution is -0.140. The number of hydrogen-bond donors (Lipinski definition) is 1. The number of likely N-dealkylation sites (tertiary alicyclic amines) is 1. The molecule has 6 heteroatoms. The second-order valence-electron chi connectivity index (χ2n) is 7.64. The first kappa shape index (κ1) is 16.9. The number of nitrogens with zero attached hydrogens (tertiary/aromatic N) is 1. The number of amides is 3. The minimum absolute atomic E-state index is 0.0338. The Balaban J connectivity index is 1.34. The number of benzene rings is 1. The summed E-state index contributed by atoms with van der Waals surface area (Å²) in [6.07, 6.45) is 3.20. The molecule has 3 fully saturated rings. The maximum Gasteiger partial charge on any atom is 0.233 e. The van der Waals surface area contributed by atoms with Gasteiger partial charge in [0, 0.05) is 24.2 Å². The number of hydrogen-bond acceptors (Lipinski definition) is 4. The van der Waals surface area contributed by atoms with E-state index in [1.807, 2.05) is 0 Å². The molecule has 136 valence electrons. The van der Waals surface area contributed by atoms with E-state index in [0.29, 0.717) is 23.1 Å². The van der Waals surface area contributed by atoms with Gasteiger partial charge in [0.25, 0.3) is 0 Å². The van der Waals surface area contributed by atoms with E-state index in [9.17, 15) is 19.2 Å². The molecule has 0 unspecified atom stereocenters. The third-order valence-electron chi connectivity index (χ3n) is 6.16. The Labute approximate surface area is 151 Å². The molecule has 3 amide bonds. The Kier molecular flexibility index (Phi) is 4.13. The molecule has 0 spiro atoms. The Morgan fingerprint density at radius 3 is 2.15 bits per heavy atom. The number of ketones is 1. The van der Waals surface area contributed by atoms with E-state index in [-0.39, 0.29) is 48.3 Å². The van der Waals surface area contributed by atoms with Crippen LogP contribution in [0.3, 0.4) is 0 Å². The number of anilines is 1. The second-order valence-corrected chi connectivity index (χ2v) is 7.64. The van der Waals surface area contributed by atoms with E-state index in [1.165, 1.54) is 11.8 Å². The van der Waals surface area contributed by atoms with Crippen molar-refractivity contribution in [2.45, 2.75) is 32.6 Å². The summed E-state index contributed by atoms with van der Waals surface area (Å²) in [7, 11) is 0. The van der Waals surface area contributed by atoms with Gasteiger partial charge in [0.2, 0.25) is 17.7 Å². The SMILES string of the molecule is CC(=O)c1ccc(NC(=O)CCN2C(=O)[C@@H]3[C@@H]4CC[C@H](C4)[C@@H]3C2=O)cc1. The molecule has 1 aromatic rings. The van der Waals surface area contributed by atoms with Gasteiger partial charge >= 0.3 is 0 Å². The molecule has 1 heterocycles. The summed E-state index contributed by atoms with van der Waals surface area (Å²) in [6.45, 7) is 1.63. The molecular weight excluding hydrogens is 332 g/mol. The number of rotatable bonds is 5. The van der Waals surface area contributed by atoms with Crippen molar-refractivity contribution >= 4 is 29.2 Å². The van der Waals surface area contributed by atoms with Crippen molar-refractivity contribution in [3.05, 3.63) is 29.8 Å². The van der Waals surface area contributed by atoms with Gasteiger partial charge in [-0.2, -0.15) is 0 Å². The highest BCUT2D eigenvalue weighted by atomic mass is 16.2. The van der Waals surface area contributed by atoms with Crippen molar-refractivity contribution < 1.29 is 19.2 Å². The minimum Gasteiger partial charge on any atom is -0.326 e. The highest BCUT2D eigenvalue weighted by molar-refractivity contribution is 6.06. The fraction of sp³-hybridized carbons (Fsp3) is 0.500. The van der Waals surface area contributed by atoms with Crippen LogP contribution in [0.2, 0.25) is 0 Å². The van der Waals surface area contributed by atoms with Crippen LogP contribution < -0.4 is 5.32 Å². The van der Waals surface area contributed by atoms with Crippen LogP contribution >= 0.6 is 0 Å². The zero-order chi connectivity index (χ0) is 18.4. The van der Waals surface area contributed by atoms with Crippen LogP contribution in [0.25, 0.3) is 0 Å². The Bertz CT molecular complexity index is 758. The maximum absolute atomic E-state index is 12.6. The molecule has 2 aliphatic carbocycles. The average Bonchev–Trinajstić information content (AvgIpc) is 3.28. The van der Waals surface area contributed by atoms with Gasteiger partial charge in [-0.1, -0.05) is 0 Å². The highest BCUT2D eigenvalue weighted by Crippen LogP contribution is 2.56. The molecule has 6 nitrogen and oxygen atoms in total. The summed E-state index contributed by atoms with van der Waals surface area (Å²) in [6, 6.07) is 6.65. The molecule has 26 heavy (non-hydrogen) atoms. The summed E-state index contributed by atoms with van der Waals surface area (Å²) in [4.78, 5) is 49.9. The zero-order valence-electron chi connectivity index (χ0n) is 14.7. The third-order valence-corrected chi connectivity index (χ3v) is 6.16. The van der Waals surface area contributed by atoms with E-state index in [0.717, 1.165) is 19.3 Å². The molecule has 1 aromatic carbocycles. The van der Waals surface area contributed by atoms with Crippen LogP contribution in [0.5, 0.6) is 0 Å². The first-order chi connectivity index (χ1) is 12.5. The van der Waals surface area contributed by atoms with Crippen LogP contribution in [0.15, 0.2) is 24.3 Å². The lowest BCUT2D eigenvalue weighted by atomic mass is 9.81. The van der Waals surface area contributed by atoms with Gasteiger partial charge in [-0.05, 0) is 62.3 Å². The van der Waals surface area contributed by atoms with Gasteiger partial charge in [-0.25, -0.2) is 0 Å². The predicted molar refractivity (Wildman–Crippen MR) is 94.2 cm³/mol. The molecule has 1 aliphatic heterocycles. The molecule has 2 bridgehead atoms. The normalized spacial score (nSPS) is 29.2. The van der Waals surface area contributed by atoms with E-state index in [1.54, 1.807) is 24.3 Å². The molecular formula is C20H22N2O4. The standard InChI is InChI=1S/C20H22N2O4/c1-11(23)12-4-6-15(7-5-12)21-16(24)8-9-22-19(25)17-13-2-3-14(10-13)18(17)20(22)26/h4-7,13-14,17-18H,2-3,8-10H2,1H3,(H,21,24)/t13-,14-,17-,18+/m1/s1. The fourth-order valence-corrected chi connectivity index (χ4v) is 4.92. The van der Waals surface area contributed by atoms with Gasteiger partial charge in [0.15, 0.2) is 5.78 Å². The molecule has 4 rings (SSSR count). The van der Waals surface area contributed by atoms with E-state index in [2.05, 4.69) is 5.32 Å². The summed E-state index contributed by atoms with van der Waals surface area (Å²) in [5.41, 5.74) is 1.17. The van der Waals surface area contributed by atoms with Gasteiger partial charge < -0.3 is 5.32 Å². The van der Waals surface area contributed by atoms with E-state index in [4.69, 9.17) is 0 Å². The van der Waals surface area contributed by atoms with Crippen LogP contribution in [0, 0.1) is 23.7 Å². The van der Waals surface area contributed by atoms with Crippen LogP contribution in [0.1, 0.15) is 43.0 Å². The Morgan fingerprint density at radius 1 is 1.04 bits per heavy atom. The molecule has 1 N–H and O–H groups in total. The van der Waals surface area contributed by atoms with Crippen molar-refractivity contribution in [2.24, 2.45) is 23.7 Å². The van der Waals surface area contributed by atoms with Crippen molar-refractivity contribution in [1.29, 1.82) is 0 Å². The van der Waals surface area contributed by atoms with Crippen LogP contribution in [-0.4, -0.2) is 34.9 Å². The summed E-state index contributed by atoms with van der Waals surface area (Å²) in [5, 5.41) is 2.74. The van der Waals surface area contributed by atoms with Gasteiger partial charge in [0.1, 0.15) is 0 Å². The molecule has 4 atom stereocenters. The summed E-state index contributed by atoms with van der Waals surface area (Å²) < 4.78 is 0. The fourth-order valence-electron chi connectivity index (χ4n) is 4.92. The summed E-state index contributed by atoms with van der Waals surface area (Å²) in [5.74, 6) is 0.0123. The second kappa shape index (κ2) is 6.34. The smallest absolute Gasteiger partial charge is 0.233 e. The van der Waals surface area contributed by atoms with E-state index >= 15 is 0 Å².